The normalized spacial score (nSPS) is 15.4. The lowest BCUT2D eigenvalue weighted by Gasteiger charge is -2.18. The summed E-state index contributed by atoms with van der Waals surface area (Å²) in [5.41, 5.74) is 3.15. The Hall–Kier alpha value is -4.00. The number of methoxy groups -OCH3 is 2. The van der Waals surface area contributed by atoms with Crippen molar-refractivity contribution in [1.82, 2.24) is 14.5 Å². The third-order valence-corrected chi connectivity index (χ3v) is 6.65. The molecule has 186 valence electrons. The molecule has 0 bridgehead atoms. The van der Waals surface area contributed by atoms with Gasteiger partial charge >= 0.3 is 0 Å². The number of ether oxygens (including phenoxy) is 3. The van der Waals surface area contributed by atoms with Gasteiger partial charge in [0.15, 0.2) is 0 Å². The van der Waals surface area contributed by atoms with E-state index in [0.717, 1.165) is 52.6 Å². The number of nitrogens with zero attached hydrogens (tertiary/aromatic N) is 3. The highest BCUT2D eigenvalue weighted by molar-refractivity contribution is 5.81. The Morgan fingerprint density at radius 2 is 1.56 bits per heavy atom. The number of carbonyl (C=O) groups excluding carboxylic acids is 1. The van der Waals surface area contributed by atoms with E-state index in [4.69, 9.17) is 19.2 Å². The topological polar surface area (TPSA) is 65.8 Å². The molecule has 36 heavy (non-hydrogen) atoms. The van der Waals surface area contributed by atoms with E-state index in [9.17, 15) is 4.79 Å². The predicted octanol–water partition coefficient (Wildman–Crippen LogP) is 5.04. The second-order valence-electron chi connectivity index (χ2n) is 9.01. The van der Waals surface area contributed by atoms with E-state index < -0.39 is 0 Å². The van der Waals surface area contributed by atoms with Crippen molar-refractivity contribution < 1.29 is 19.0 Å². The number of aryl methyl sites for hydroxylation is 1. The lowest BCUT2D eigenvalue weighted by Crippen LogP contribution is -2.24. The minimum absolute atomic E-state index is 0.0608. The lowest BCUT2D eigenvalue weighted by molar-refractivity contribution is -0.128. The van der Waals surface area contributed by atoms with Crippen molar-refractivity contribution >= 4 is 16.9 Å². The summed E-state index contributed by atoms with van der Waals surface area (Å²) in [4.78, 5) is 19.8. The van der Waals surface area contributed by atoms with E-state index >= 15 is 0 Å². The molecule has 2 heterocycles. The van der Waals surface area contributed by atoms with Crippen molar-refractivity contribution in [1.29, 1.82) is 0 Å². The number of para-hydroxylation sites is 2. The molecule has 1 fully saturated rings. The zero-order chi connectivity index (χ0) is 24.9. The molecule has 0 spiro atoms. The van der Waals surface area contributed by atoms with Crippen LogP contribution in [0.1, 0.15) is 30.1 Å². The molecule has 5 rings (SSSR count). The summed E-state index contributed by atoms with van der Waals surface area (Å²) in [6, 6.07) is 23.7. The maximum Gasteiger partial charge on any atom is 0.223 e. The largest absolute Gasteiger partial charge is 0.497 e. The molecule has 3 aromatic carbocycles. The molecule has 4 aromatic rings. The van der Waals surface area contributed by atoms with Gasteiger partial charge in [0.05, 0.1) is 31.9 Å². The summed E-state index contributed by atoms with van der Waals surface area (Å²) >= 11 is 0. The zero-order valence-corrected chi connectivity index (χ0v) is 20.7. The smallest absolute Gasteiger partial charge is 0.223 e. The molecule has 0 aliphatic carbocycles. The molecule has 0 N–H and O–H groups in total. The van der Waals surface area contributed by atoms with Crippen molar-refractivity contribution in [2.45, 2.75) is 31.8 Å². The van der Waals surface area contributed by atoms with E-state index in [1.807, 2.05) is 71.6 Å². The van der Waals surface area contributed by atoms with Crippen LogP contribution in [0.4, 0.5) is 0 Å². The van der Waals surface area contributed by atoms with E-state index in [1.54, 1.807) is 14.2 Å². The van der Waals surface area contributed by atoms with E-state index in [2.05, 4.69) is 10.6 Å². The van der Waals surface area contributed by atoms with Gasteiger partial charge in [-0.05, 0) is 60.5 Å². The molecule has 1 saturated heterocycles. The van der Waals surface area contributed by atoms with Gasteiger partial charge in [0.1, 0.15) is 23.1 Å². The third kappa shape index (κ3) is 5.15. The Morgan fingerprint density at radius 1 is 0.889 bits per heavy atom. The van der Waals surface area contributed by atoms with Crippen LogP contribution in [0.2, 0.25) is 0 Å². The molecule has 1 aliphatic heterocycles. The first kappa shape index (κ1) is 23.7. The van der Waals surface area contributed by atoms with Gasteiger partial charge in [-0.25, -0.2) is 4.98 Å². The summed E-state index contributed by atoms with van der Waals surface area (Å²) in [5.74, 6) is 3.65. The number of carbonyl (C=O) groups is 1. The molecule has 0 saturated carbocycles. The maximum absolute atomic E-state index is 12.9. The first-order valence-corrected chi connectivity index (χ1v) is 12.3. The summed E-state index contributed by atoms with van der Waals surface area (Å²) < 4.78 is 18.7. The van der Waals surface area contributed by atoms with Crippen molar-refractivity contribution in [2.24, 2.45) is 0 Å². The first-order valence-electron chi connectivity index (χ1n) is 12.3. The number of likely N-dealkylation sites (tertiary alicyclic amines) is 1. The van der Waals surface area contributed by atoms with E-state index in [1.165, 1.54) is 0 Å². The molecular formula is C29H31N3O4. The number of hydrogen-bond donors (Lipinski definition) is 0. The summed E-state index contributed by atoms with van der Waals surface area (Å²) in [6.07, 6.45) is 1.30. The van der Waals surface area contributed by atoms with Gasteiger partial charge in [0.25, 0.3) is 0 Å². The fourth-order valence-electron chi connectivity index (χ4n) is 4.77. The van der Waals surface area contributed by atoms with Crippen molar-refractivity contribution in [3.8, 4) is 17.2 Å². The molecule has 1 atom stereocenters. The summed E-state index contributed by atoms with van der Waals surface area (Å²) in [6.45, 7) is 2.62. The molecule has 0 radical (unpaired) electrons. The number of aromatic nitrogens is 2. The maximum atomic E-state index is 12.9. The fourth-order valence-corrected chi connectivity index (χ4v) is 4.77. The number of amides is 1. The summed E-state index contributed by atoms with van der Waals surface area (Å²) in [7, 11) is 3.31. The molecule has 1 amide bonds. The van der Waals surface area contributed by atoms with Crippen LogP contribution in [0, 0.1) is 0 Å². The van der Waals surface area contributed by atoms with Gasteiger partial charge in [0, 0.05) is 32.0 Å². The number of rotatable bonds is 10. The van der Waals surface area contributed by atoms with Crippen LogP contribution >= 0.6 is 0 Å². The van der Waals surface area contributed by atoms with Crippen LogP contribution in [0.15, 0.2) is 72.8 Å². The van der Waals surface area contributed by atoms with E-state index in [0.29, 0.717) is 26.1 Å². The van der Waals surface area contributed by atoms with E-state index in [-0.39, 0.29) is 11.8 Å². The Bertz CT molecular complexity index is 1310. The molecule has 1 unspecified atom stereocenters. The van der Waals surface area contributed by atoms with Gasteiger partial charge in [-0.2, -0.15) is 0 Å². The van der Waals surface area contributed by atoms with Crippen LogP contribution < -0.4 is 14.2 Å². The molecule has 7 heteroatoms. The molecule has 7 nitrogen and oxygen atoms in total. The quantitative estimate of drug-likeness (QED) is 0.295. The van der Waals surface area contributed by atoms with Crippen LogP contribution in [-0.4, -0.2) is 47.7 Å². The Labute approximate surface area is 211 Å². The lowest BCUT2D eigenvalue weighted by atomic mass is 10.1. The minimum Gasteiger partial charge on any atom is -0.497 e. The number of imidazole rings is 1. The minimum atomic E-state index is 0.0608. The number of fused-ring (bicyclic) bond motifs is 1. The van der Waals surface area contributed by atoms with Gasteiger partial charge < -0.3 is 23.7 Å². The van der Waals surface area contributed by atoms with Crippen LogP contribution in [0.5, 0.6) is 17.2 Å². The van der Waals surface area contributed by atoms with Gasteiger partial charge in [0.2, 0.25) is 5.91 Å². The Morgan fingerprint density at radius 3 is 2.28 bits per heavy atom. The second kappa shape index (κ2) is 10.7. The average molecular weight is 486 g/mol. The predicted molar refractivity (Wildman–Crippen MR) is 139 cm³/mol. The van der Waals surface area contributed by atoms with Crippen LogP contribution in [0.3, 0.4) is 0 Å². The van der Waals surface area contributed by atoms with Gasteiger partial charge in [-0.15, -0.1) is 0 Å². The first-order chi connectivity index (χ1) is 17.6. The average Bonchev–Trinajstić information content (AvgIpc) is 3.47. The summed E-state index contributed by atoms with van der Waals surface area (Å²) in [5, 5.41) is 0. The number of benzene rings is 3. The van der Waals surface area contributed by atoms with Gasteiger partial charge in [-0.1, -0.05) is 24.3 Å². The Kier molecular flexibility index (Phi) is 7.07. The third-order valence-electron chi connectivity index (χ3n) is 6.65. The van der Waals surface area contributed by atoms with Crippen LogP contribution in [-0.2, 0) is 17.9 Å². The SMILES string of the molecule is COc1ccc(CN2CC(c3nc4ccccc4n3CCCOc3ccc(OC)cc3)CC2=O)cc1. The highest BCUT2D eigenvalue weighted by Crippen LogP contribution is 2.31. The van der Waals surface area contributed by atoms with Crippen LogP contribution in [0.25, 0.3) is 11.0 Å². The van der Waals surface area contributed by atoms with Crippen molar-refractivity contribution in [3.05, 3.63) is 84.2 Å². The Balaban J connectivity index is 1.27. The second-order valence-corrected chi connectivity index (χ2v) is 9.01. The highest BCUT2D eigenvalue weighted by atomic mass is 16.5. The highest BCUT2D eigenvalue weighted by Gasteiger charge is 2.34. The van der Waals surface area contributed by atoms with Crippen molar-refractivity contribution in [2.75, 3.05) is 27.4 Å². The molecule has 1 aliphatic rings. The number of hydrogen-bond acceptors (Lipinski definition) is 5. The zero-order valence-electron chi connectivity index (χ0n) is 20.7. The molecular weight excluding hydrogens is 454 g/mol. The monoisotopic (exact) mass is 485 g/mol. The fraction of sp³-hybridized carbons (Fsp3) is 0.310. The van der Waals surface area contributed by atoms with Gasteiger partial charge in [-0.3, -0.25) is 4.79 Å². The molecule has 1 aromatic heterocycles. The van der Waals surface area contributed by atoms with Crippen molar-refractivity contribution in [3.63, 3.8) is 0 Å². The standard InChI is InChI=1S/C29H31N3O4/c1-34-23-10-8-21(9-11-23)19-31-20-22(18-28(31)33)29-30-26-6-3-4-7-27(26)32(29)16-5-17-36-25-14-12-24(35-2)13-15-25/h3-4,6-15,22H,5,16-20H2,1-2H3.